The van der Waals surface area contributed by atoms with Gasteiger partial charge in [-0.1, -0.05) is 42.4 Å². The number of nitrogens with one attached hydrogen (secondary N) is 2. The van der Waals surface area contributed by atoms with E-state index in [1.807, 2.05) is 31.2 Å². The smallest absolute Gasteiger partial charge is 0.184 e. The Kier molecular flexibility index (Phi) is 6.11. The van der Waals surface area contributed by atoms with Gasteiger partial charge in [0.15, 0.2) is 5.13 Å². The molecule has 0 radical (unpaired) electrons. The Morgan fingerprint density at radius 2 is 1.97 bits per heavy atom. The molecule has 8 heteroatoms. The van der Waals surface area contributed by atoms with Gasteiger partial charge in [0.1, 0.15) is 5.82 Å². The van der Waals surface area contributed by atoms with Gasteiger partial charge in [0, 0.05) is 17.8 Å². The predicted octanol–water partition coefficient (Wildman–Crippen LogP) is 4.97. The minimum Gasteiger partial charge on any atom is -0.398 e. The van der Waals surface area contributed by atoms with Crippen LogP contribution < -0.4 is 16.4 Å². The van der Waals surface area contributed by atoms with Crippen molar-refractivity contribution in [2.24, 2.45) is 0 Å². The molecule has 0 aliphatic heterocycles. The monoisotopic (exact) mass is 460 g/mol. The van der Waals surface area contributed by atoms with Crippen LogP contribution >= 0.6 is 11.3 Å². The molecule has 1 unspecified atom stereocenters. The van der Waals surface area contributed by atoms with E-state index in [0.717, 1.165) is 69.1 Å². The first-order chi connectivity index (χ1) is 16.0. The van der Waals surface area contributed by atoms with Crippen molar-refractivity contribution in [3.05, 3.63) is 59.9 Å². The Hall–Kier alpha value is -3.23. The molecule has 2 aromatic carbocycles. The fourth-order valence-electron chi connectivity index (χ4n) is 4.16. The molecule has 2 heterocycles. The van der Waals surface area contributed by atoms with Gasteiger partial charge in [0.2, 0.25) is 0 Å². The first-order valence-corrected chi connectivity index (χ1v) is 12.1. The number of nitrogens with two attached hydrogens (primary N) is 1. The Balaban J connectivity index is 1.27. The lowest BCUT2D eigenvalue weighted by Gasteiger charge is -2.27. The van der Waals surface area contributed by atoms with E-state index in [9.17, 15) is 5.11 Å². The largest absolute Gasteiger partial charge is 0.398 e. The van der Waals surface area contributed by atoms with Crippen molar-refractivity contribution in [2.45, 2.75) is 51.3 Å². The van der Waals surface area contributed by atoms with Crippen LogP contribution in [-0.2, 0) is 6.54 Å². The normalized spacial score (nSPS) is 18.4. The van der Waals surface area contributed by atoms with Crippen molar-refractivity contribution in [1.29, 1.82) is 0 Å². The topological polar surface area (TPSA) is 109 Å². The summed E-state index contributed by atoms with van der Waals surface area (Å²) in [6, 6.07) is 12.3. The molecular formula is C25H28N6OS. The Labute approximate surface area is 197 Å². The molecule has 1 fully saturated rings. The molecular weight excluding hydrogens is 432 g/mol. The standard InChI is InChI=1S/C25H28N6OS/c1-15-6-8-17(11-18(15)26)21-13-27-14-24(29-21)28-12-16-7-9-20-23(10-16)33-25(31-20)30-19-4-2-3-5-22(19)32/h6-11,13-14,19,22,32H,2-5,12,26H2,1H3,(H,28,29)(H,30,31)/t19?,22-/m1/s1. The maximum Gasteiger partial charge on any atom is 0.184 e. The molecule has 2 aromatic heterocycles. The van der Waals surface area contributed by atoms with Crippen LogP contribution in [0.3, 0.4) is 0 Å². The molecule has 4 aromatic rings. The predicted molar refractivity (Wildman–Crippen MR) is 135 cm³/mol. The van der Waals surface area contributed by atoms with Gasteiger partial charge in [0.05, 0.1) is 40.5 Å². The van der Waals surface area contributed by atoms with E-state index in [0.29, 0.717) is 12.4 Å². The van der Waals surface area contributed by atoms with Crippen molar-refractivity contribution in [3.63, 3.8) is 0 Å². The summed E-state index contributed by atoms with van der Waals surface area (Å²) in [6.45, 7) is 2.62. The molecule has 0 spiro atoms. The van der Waals surface area contributed by atoms with Crippen LogP contribution in [0.1, 0.15) is 36.8 Å². The number of thiazole rings is 1. The summed E-state index contributed by atoms with van der Waals surface area (Å²) >= 11 is 1.63. The molecule has 2 atom stereocenters. The molecule has 5 N–H and O–H groups in total. The second-order valence-corrected chi connectivity index (χ2v) is 9.67. The van der Waals surface area contributed by atoms with Gasteiger partial charge in [-0.25, -0.2) is 9.97 Å². The maximum absolute atomic E-state index is 10.2. The van der Waals surface area contributed by atoms with E-state index >= 15 is 0 Å². The molecule has 0 saturated heterocycles. The zero-order valence-electron chi connectivity index (χ0n) is 18.6. The molecule has 0 bridgehead atoms. The molecule has 1 aliphatic carbocycles. The molecule has 1 saturated carbocycles. The maximum atomic E-state index is 10.2. The minimum atomic E-state index is -0.293. The fraction of sp³-hybridized carbons (Fsp3) is 0.320. The number of aliphatic hydroxyl groups excluding tert-OH is 1. The third-order valence-electron chi connectivity index (χ3n) is 6.17. The average molecular weight is 461 g/mol. The lowest BCUT2D eigenvalue weighted by molar-refractivity contribution is 0.116. The van der Waals surface area contributed by atoms with Crippen LogP contribution in [0.15, 0.2) is 48.8 Å². The van der Waals surface area contributed by atoms with Gasteiger partial charge in [-0.2, -0.15) is 0 Å². The summed E-state index contributed by atoms with van der Waals surface area (Å²) in [6.07, 6.45) is 7.28. The number of aromatic nitrogens is 3. The van der Waals surface area contributed by atoms with Crippen LogP contribution in [0.25, 0.3) is 21.5 Å². The van der Waals surface area contributed by atoms with Crippen LogP contribution in [0, 0.1) is 6.92 Å². The zero-order chi connectivity index (χ0) is 22.8. The van der Waals surface area contributed by atoms with Gasteiger partial charge >= 0.3 is 0 Å². The van der Waals surface area contributed by atoms with Gasteiger partial charge < -0.3 is 21.5 Å². The van der Waals surface area contributed by atoms with E-state index < -0.39 is 0 Å². The highest BCUT2D eigenvalue weighted by Crippen LogP contribution is 2.30. The highest BCUT2D eigenvalue weighted by molar-refractivity contribution is 7.22. The fourth-order valence-corrected chi connectivity index (χ4v) is 5.15. The van der Waals surface area contributed by atoms with E-state index in [1.54, 1.807) is 23.7 Å². The number of rotatable bonds is 6. The molecule has 7 nitrogen and oxygen atoms in total. The summed E-state index contributed by atoms with van der Waals surface area (Å²) in [5.74, 6) is 0.713. The SMILES string of the molecule is Cc1ccc(-c2cncc(NCc3ccc4nc(NC5CCCC[C@H]5O)sc4c3)n2)cc1N. The minimum absolute atomic E-state index is 0.0928. The highest BCUT2D eigenvalue weighted by Gasteiger charge is 2.23. The first kappa shape index (κ1) is 21.6. The Morgan fingerprint density at radius 3 is 2.82 bits per heavy atom. The molecule has 170 valence electrons. The van der Waals surface area contributed by atoms with Crippen LogP contribution in [0.2, 0.25) is 0 Å². The molecule has 33 heavy (non-hydrogen) atoms. The number of benzene rings is 2. The van der Waals surface area contributed by atoms with Gasteiger partial charge in [-0.15, -0.1) is 0 Å². The Bertz CT molecular complexity index is 1270. The van der Waals surface area contributed by atoms with Crippen molar-refractivity contribution in [2.75, 3.05) is 16.4 Å². The van der Waals surface area contributed by atoms with Gasteiger partial charge in [0.25, 0.3) is 0 Å². The van der Waals surface area contributed by atoms with Crippen LogP contribution in [-0.4, -0.2) is 32.2 Å². The molecule has 1 aliphatic rings. The van der Waals surface area contributed by atoms with Gasteiger partial charge in [-0.3, -0.25) is 4.98 Å². The van der Waals surface area contributed by atoms with Gasteiger partial charge in [-0.05, 0) is 49.1 Å². The summed E-state index contributed by atoms with van der Waals surface area (Å²) in [5.41, 5.74) is 11.7. The van der Waals surface area contributed by atoms with Crippen molar-refractivity contribution in [3.8, 4) is 11.3 Å². The summed E-state index contributed by atoms with van der Waals surface area (Å²) < 4.78 is 1.12. The van der Waals surface area contributed by atoms with E-state index in [4.69, 9.17) is 15.7 Å². The third kappa shape index (κ3) is 4.91. The first-order valence-electron chi connectivity index (χ1n) is 11.3. The number of aliphatic hydroxyl groups is 1. The number of fused-ring (bicyclic) bond motifs is 1. The van der Waals surface area contributed by atoms with Crippen LogP contribution in [0.5, 0.6) is 0 Å². The second-order valence-electron chi connectivity index (χ2n) is 8.64. The number of hydrogen-bond acceptors (Lipinski definition) is 8. The lowest BCUT2D eigenvalue weighted by Crippen LogP contribution is -2.36. The number of anilines is 3. The number of nitrogens with zero attached hydrogens (tertiary/aromatic N) is 3. The summed E-state index contributed by atoms with van der Waals surface area (Å²) in [4.78, 5) is 13.7. The third-order valence-corrected chi connectivity index (χ3v) is 7.12. The average Bonchev–Trinajstić information content (AvgIpc) is 3.23. The zero-order valence-corrected chi connectivity index (χ0v) is 19.4. The number of aryl methyl sites for hydroxylation is 1. The van der Waals surface area contributed by atoms with E-state index in [1.165, 1.54) is 0 Å². The highest BCUT2D eigenvalue weighted by atomic mass is 32.1. The summed E-state index contributed by atoms with van der Waals surface area (Å²) in [5, 5.41) is 17.9. The second kappa shape index (κ2) is 9.33. The quantitative estimate of drug-likeness (QED) is 0.301. The molecule has 0 amide bonds. The van der Waals surface area contributed by atoms with Crippen LogP contribution in [0.4, 0.5) is 16.6 Å². The summed E-state index contributed by atoms with van der Waals surface area (Å²) in [7, 11) is 0. The van der Waals surface area contributed by atoms with Crippen molar-refractivity contribution >= 4 is 38.2 Å². The number of nitrogen functional groups attached to an aromatic ring is 1. The molecule has 5 rings (SSSR count). The van der Waals surface area contributed by atoms with E-state index in [-0.39, 0.29) is 12.1 Å². The van der Waals surface area contributed by atoms with E-state index in [2.05, 4.69) is 27.8 Å². The number of hydrogen-bond donors (Lipinski definition) is 4. The lowest BCUT2D eigenvalue weighted by atomic mass is 9.93. The van der Waals surface area contributed by atoms with Crippen molar-refractivity contribution < 1.29 is 5.11 Å². The van der Waals surface area contributed by atoms with Crippen molar-refractivity contribution in [1.82, 2.24) is 15.0 Å². The Morgan fingerprint density at radius 1 is 1.09 bits per heavy atom.